The van der Waals surface area contributed by atoms with E-state index in [1.807, 2.05) is 12.1 Å². The Bertz CT molecular complexity index is 10100. The Hall–Kier alpha value is -17.1. The van der Waals surface area contributed by atoms with Gasteiger partial charge in [0.2, 0.25) is 5.71 Å². The van der Waals surface area contributed by atoms with Gasteiger partial charge in [0.15, 0.2) is 23.3 Å². The number of para-hydroxylation sites is 8. The monoisotopic (exact) mass is 1640 g/mol. The van der Waals surface area contributed by atoms with Gasteiger partial charge in [-0.25, -0.2) is 15.0 Å². The topological polar surface area (TPSA) is 93.2 Å². The van der Waals surface area contributed by atoms with Crippen LogP contribution in [-0.4, -0.2) is 47.0 Å². The molecule has 590 valence electrons. The van der Waals surface area contributed by atoms with Gasteiger partial charge in [-0.05, 0) is 173 Å². The first kappa shape index (κ1) is 68.5. The number of rotatable bonds is 9. The third kappa shape index (κ3) is 9.22. The Kier molecular flexibility index (Phi) is 13.6. The van der Waals surface area contributed by atoms with Crippen molar-refractivity contribution in [3.63, 3.8) is 0 Å². The van der Waals surface area contributed by atoms with Crippen LogP contribution in [0.1, 0.15) is 0 Å². The van der Waals surface area contributed by atoms with Gasteiger partial charge in [0.1, 0.15) is 10.4 Å². The van der Waals surface area contributed by atoms with Crippen LogP contribution in [0.3, 0.4) is 0 Å². The Morgan fingerprint density at radius 3 is 1.15 bits per heavy atom. The maximum absolute atomic E-state index is 6.87. The van der Waals surface area contributed by atoms with Crippen LogP contribution >= 0.6 is 11.3 Å². The second-order valence-corrected chi connectivity index (χ2v) is 35.3. The van der Waals surface area contributed by atoms with Crippen LogP contribution in [-0.2, 0) is 0 Å². The van der Waals surface area contributed by atoms with Crippen molar-refractivity contribution in [1.82, 2.24) is 47.0 Å². The molecule has 0 atom stereocenters. The van der Waals surface area contributed by atoms with Gasteiger partial charge in [0.25, 0.3) is 0 Å². The molecule has 12 heteroatoms. The van der Waals surface area contributed by atoms with Gasteiger partial charge in [-0.1, -0.05) is 249 Å². The van der Waals surface area contributed by atoms with E-state index in [1.165, 1.54) is 81.0 Å². The quantitative estimate of drug-likeness (QED) is 0.144. The zero-order valence-corrected chi connectivity index (χ0v) is 69.1. The summed E-state index contributed by atoms with van der Waals surface area (Å²) >= 11 is 1.74. The lowest BCUT2D eigenvalue weighted by Crippen LogP contribution is -2.02. The summed E-state index contributed by atoms with van der Waals surface area (Å²) in [4.78, 5) is 23.7. The maximum atomic E-state index is 6.87. The van der Waals surface area contributed by atoms with Gasteiger partial charge < -0.3 is 22.4 Å². The lowest BCUT2D eigenvalue weighted by atomic mass is 9.97. The van der Waals surface area contributed by atoms with Crippen LogP contribution in [0.5, 0.6) is 0 Å². The van der Waals surface area contributed by atoms with Crippen LogP contribution in [0.2, 0.25) is 0 Å². The molecule has 30 aromatic rings. The van der Waals surface area contributed by atoms with Gasteiger partial charge in [0.05, 0.1) is 88.0 Å². The number of hydrogen-bond acceptors (Lipinski definition) is 6. The zero-order valence-electron chi connectivity index (χ0n) is 68.2. The van der Waals surface area contributed by atoms with Gasteiger partial charge in [-0.2, -0.15) is 4.98 Å². The molecule has 0 saturated heterocycles. The van der Waals surface area contributed by atoms with Gasteiger partial charge in [0, 0.05) is 124 Å². The molecule has 0 aliphatic heterocycles. The SMILES string of the molecule is c1ccc(-c2ccc3c4cc5c6ccccc6n(-c6nc(-c7ccc8c(c7)c7ccc(-c9cccc(-c%10ccc%11c%12cc%13c%14ccccc%14n(-c%14nc(-c%15ccc%16c(c%15)c%15ccccc%15n%16-c%15ccccc%15)nc%15oc%16ccccc%16c%14%15)c%13c%13c%14ccccc%14n(c%11c%10)c%12%13)c9)cc7n8-c7ccccc7)nc7sc8ccccc8c67)c5c5c6ccccc6n(c3c2)c45)cc1. The molecular weight excluding hydrogens is 1580 g/mol. The van der Waals surface area contributed by atoms with Crippen molar-refractivity contribution in [2.75, 3.05) is 0 Å². The highest BCUT2D eigenvalue weighted by molar-refractivity contribution is 7.25. The molecule has 30 rings (SSSR count). The number of hydrogen-bond donors (Lipinski definition) is 0. The van der Waals surface area contributed by atoms with E-state index in [0.717, 1.165) is 187 Å². The molecule has 12 aromatic heterocycles. The summed E-state index contributed by atoms with van der Waals surface area (Å²) in [7, 11) is 0. The molecule has 12 heterocycles. The third-order valence-corrected chi connectivity index (χ3v) is 28.7. The van der Waals surface area contributed by atoms with E-state index < -0.39 is 0 Å². The van der Waals surface area contributed by atoms with Crippen molar-refractivity contribution >= 4 is 217 Å². The van der Waals surface area contributed by atoms with Crippen molar-refractivity contribution in [3.05, 3.63) is 388 Å². The van der Waals surface area contributed by atoms with E-state index in [0.29, 0.717) is 17.4 Å². The van der Waals surface area contributed by atoms with Crippen LogP contribution < -0.4 is 0 Å². The summed E-state index contributed by atoms with van der Waals surface area (Å²) < 4.78 is 22.7. The second-order valence-electron chi connectivity index (χ2n) is 34.3. The predicted molar refractivity (Wildman–Crippen MR) is 532 cm³/mol. The second kappa shape index (κ2) is 25.3. The average molecular weight is 1650 g/mol. The summed E-state index contributed by atoms with van der Waals surface area (Å²) in [6, 6.07) is 142. The molecule has 0 N–H and O–H groups in total. The van der Waals surface area contributed by atoms with Gasteiger partial charge in [-0.15, -0.1) is 11.3 Å². The van der Waals surface area contributed by atoms with Crippen molar-refractivity contribution in [1.29, 1.82) is 0 Å². The predicted octanol–water partition coefficient (Wildman–Crippen LogP) is 30.6. The number of benzene rings is 18. The summed E-state index contributed by atoms with van der Waals surface area (Å²) in [6.45, 7) is 0. The zero-order chi connectivity index (χ0) is 83.0. The molecule has 0 spiro atoms. The molecule has 0 saturated carbocycles. The summed E-state index contributed by atoms with van der Waals surface area (Å²) in [5, 5.41) is 22.8. The minimum absolute atomic E-state index is 0.532. The first-order valence-corrected chi connectivity index (χ1v) is 44.4. The highest BCUT2D eigenvalue weighted by Gasteiger charge is 2.32. The van der Waals surface area contributed by atoms with Crippen molar-refractivity contribution in [3.8, 4) is 79.2 Å². The van der Waals surface area contributed by atoms with Crippen LogP contribution in [0.4, 0.5) is 0 Å². The number of fused-ring (bicyclic) bond motifs is 32. The molecule has 0 amide bonds. The average Bonchev–Trinajstić information content (AvgIpc) is 1.51. The molecule has 0 aliphatic carbocycles. The molecule has 0 aliphatic rings. The van der Waals surface area contributed by atoms with E-state index in [1.54, 1.807) is 11.3 Å². The maximum Gasteiger partial charge on any atom is 0.233 e. The Morgan fingerprint density at radius 2 is 0.586 bits per heavy atom. The smallest absolute Gasteiger partial charge is 0.233 e. The first-order chi connectivity index (χ1) is 63.5. The van der Waals surface area contributed by atoms with Gasteiger partial charge in [-0.3, -0.25) is 9.13 Å². The molecule has 0 bridgehead atoms. The van der Waals surface area contributed by atoms with E-state index in [4.69, 9.17) is 24.4 Å². The molecule has 0 unspecified atom stereocenters. The molecule has 0 fully saturated rings. The van der Waals surface area contributed by atoms with E-state index >= 15 is 0 Å². The standard InChI is InChI=1S/C116H64N10OS/c1-4-25-65(26-5-1)68-47-53-79-89-64-88-77-35-12-19-42-93(77)126(110(88)104-82-37-14-20-43-94(82)123(108(89)104)99(79)60-68)114-106-84-39-16-23-46-102(84)128-116(106)120-112(118-114)72-51-56-97-86(59-72)78-52-48-69(61-98(78)122(97)74-31-8-3-9-32-74)66-27-24-28-67(57-66)70-49-54-80-90-63-87-76-34-11-18-41-92(76)125(109(87)103-81-36-13-21-44-95(81)124(107(90)103)100(80)62-70)113-105-83-38-15-22-45-101(83)127-115(105)119-111(117-113)71-50-55-96-85(58-71)75-33-10-17-40-91(75)121(96)73-29-6-2-7-30-73/h1-64H. The van der Waals surface area contributed by atoms with Crippen LogP contribution in [0.15, 0.2) is 393 Å². The highest BCUT2D eigenvalue weighted by Crippen LogP contribution is 2.53. The summed E-state index contributed by atoms with van der Waals surface area (Å²) in [5.74, 6) is 2.87. The fraction of sp³-hybridized carbons (Fsp3) is 0. The normalized spacial score (nSPS) is 12.5. The van der Waals surface area contributed by atoms with Crippen molar-refractivity contribution in [2.24, 2.45) is 0 Å². The third-order valence-electron chi connectivity index (χ3n) is 27.7. The largest absolute Gasteiger partial charge is 0.437 e. The Balaban J connectivity index is 0.569. The number of nitrogens with zero attached hydrogens (tertiary/aromatic N) is 10. The molecular formula is C116H64N10OS. The molecule has 0 radical (unpaired) electrons. The summed E-state index contributed by atoms with van der Waals surface area (Å²) in [5.41, 5.74) is 28.0. The number of furan rings is 1. The number of thiophene rings is 1. The van der Waals surface area contributed by atoms with E-state index in [-0.39, 0.29) is 0 Å². The minimum Gasteiger partial charge on any atom is -0.437 e. The number of aromatic nitrogens is 10. The van der Waals surface area contributed by atoms with Crippen LogP contribution in [0.25, 0.3) is 285 Å². The lowest BCUT2D eigenvalue weighted by molar-refractivity contribution is 0.653. The van der Waals surface area contributed by atoms with Crippen molar-refractivity contribution in [2.45, 2.75) is 0 Å². The van der Waals surface area contributed by atoms with E-state index in [2.05, 4.69) is 403 Å². The molecule has 11 nitrogen and oxygen atoms in total. The fourth-order valence-corrected chi connectivity index (χ4v) is 23.3. The lowest BCUT2D eigenvalue weighted by Gasteiger charge is -2.12. The van der Waals surface area contributed by atoms with Crippen molar-refractivity contribution < 1.29 is 4.42 Å². The molecule has 18 aromatic carbocycles. The Morgan fingerprint density at radius 1 is 0.203 bits per heavy atom. The Labute approximate surface area is 730 Å². The fourth-order valence-electron chi connectivity index (χ4n) is 22.3. The van der Waals surface area contributed by atoms with E-state index in [9.17, 15) is 0 Å². The summed E-state index contributed by atoms with van der Waals surface area (Å²) in [6.07, 6.45) is 0. The molecule has 128 heavy (non-hydrogen) atoms. The highest BCUT2D eigenvalue weighted by atomic mass is 32.1. The minimum atomic E-state index is 0.532. The van der Waals surface area contributed by atoms with Gasteiger partial charge >= 0.3 is 0 Å². The van der Waals surface area contributed by atoms with Crippen LogP contribution in [0, 0.1) is 0 Å². The first-order valence-electron chi connectivity index (χ1n) is 43.6.